The molecule has 62 valence electrons. The first-order valence-corrected chi connectivity index (χ1v) is 3.00. The van der Waals surface area contributed by atoms with Crippen molar-refractivity contribution in [2.45, 2.75) is 0 Å². The minimum Gasteiger partial charge on any atom is -0.345 e. The molecule has 0 aromatic heterocycles. The molecule has 0 fully saturated rings. The Hall–Kier alpha value is -1.38. The Morgan fingerprint density at radius 3 is 1.73 bits per heavy atom. The third-order valence-corrected chi connectivity index (χ3v) is 0.712. The molecule has 3 heteroatoms. The molecule has 3 nitrogen and oxygen atoms in total. The van der Waals surface area contributed by atoms with Gasteiger partial charge in [0, 0.05) is 14.1 Å². The molecule has 0 heterocycles. The molecular formula is C8H13NO2. The number of carbonyl (C=O) groups is 2. The number of hydrogen-bond donors (Lipinski definition) is 0. The van der Waals surface area contributed by atoms with Gasteiger partial charge >= 0.3 is 0 Å². The highest BCUT2D eigenvalue weighted by molar-refractivity contribution is 5.86. The van der Waals surface area contributed by atoms with E-state index in [1.54, 1.807) is 14.1 Å². The molecule has 0 atom stereocenters. The summed E-state index contributed by atoms with van der Waals surface area (Å²) in [4.78, 5) is 20.8. The van der Waals surface area contributed by atoms with E-state index in [-0.39, 0.29) is 5.91 Å². The van der Waals surface area contributed by atoms with Crippen molar-refractivity contribution in [3.05, 3.63) is 25.3 Å². The van der Waals surface area contributed by atoms with Gasteiger partial charge in [-0.15, -0.1) is 0 Å². The maximum atomic E-state index is 10.3. The van der Waals surface area contributed by atoms with E-state index in [4.69, 9.17) is 4.79 Å². The van der Waals surface area contributed by atoms with Crippen LogP contribution in [0.15, 0.2) is 25.3 Å². The van der Waals surface area contributed by atoms with Gasteiger partial charge in [-0.2, -0.15) is 0 Å². The maximum Gasteiger partial charge on any atom is 0.245 e. The SMILES string of the molecule is C=CC(=O)N(C)C.C=CC=O. The van der Waals surface area contributed by atoms with Gasteiger partial charge in [-0.1, -0.05) is 13.2 Å². The predicted octanol–water partition coefficient (Wildman–Crippen LogP) is 0.632. The number of allylic oxidation sites excluding steroid dienone is 1. The van der Waals surface area contributed by atoms with Gasteiger partial charge < -0.3 is 4.90 Å². The number of likely N-dealkylation sites (N-methyl/N-ethyl adjacent to an activating group) is 1. The van der Waals surface area contributed by atoms with E-state index < -0.39 is 0 Å². The lowest BCUT2D eigenvalue weighted by Crippen LogP contribution is -2.18. The third-order valence-electron chi connectivity index (χ3n) is 0.712. The zero-order chi connectivity index (χ0) is 9.28. The second-order valence-electron chi connectivity index (χ2n) is 1.81. The lowest BCUT2D eigenvalue weighted by atomic mass is 10.5. The fraction of sp³-hybridized carbons (Fsp3) is 0.250. The molecule has 0 rings (SSSR count). The molecule has 11 heavy (non-hydrogen) atoms. The maximum absolute atomic E-state index is 10.3. The molecule has 0 aromatic rings. The topological polar surface area (TPSA) is 37.4 Å². The summed E-state index contributed by atoms with van der Waals surface area (Å²) in [6.07, 6.45) is 3.11. The summed E-state index contributed by atoms with van der Waals surface area (Å²) in [6, 6.07) is 0. The van der Waals surface area contributed by atoms with Crippen molar-refractivity contribution in [2.24, 2.45) is 0 Å². The second-order valence-corrected chi connectivity index (χ2v) is 1.81. The van der Waals surface area contributed by atoms with Crippen LogP contribution >= 0.6 is 0 Å². The number of rotatable bonds is 2. The van der Waals surface area contributed by atoms with Crippen molar-refractivity contribution in [3.8, 4) is 0 Å². The molecule has 0 aromatic carbocycles. The molecule has 0 aliphatic carbocycles. The number of amides is 1. The monoisotopic (exact) mass is 155 g/mol. The molecule has 0 bridgehead atoms. The van der Waals surface area contributed by atoms with Gasteiger partial charge in [-0.3, -0.25) is 9.59 Å². The Bertz CT molecular complexity index is 144. The van der Waals surface area contributed by atoms with Gasteiger partial charge in [0.15, 0.2) is 0 Å². The van der Waals surface area contributed by atoms with E-state index in [1.165, 1.54) is 17.1 Å². The smallest absolute Gasteiger partial charge is 0.245 e. The van der Waals surface area contributed by atoms with Crippen molar-refractivity contribution in [1.82, 2.24) is 4.90 Å². The van der Waals surface area contributed by atoms with Crippen LogP contribution in [0, 0.1) is 0 Å². The van der Waals surface area contributed by atoms with Crippen LogP contribution in [0.4, 0.5) is 0 Å². The summed E-state index contributed by atoms with van der Waals surface area (Å²) in [5.41, 5.74) is 0. The number of hydrogen-bond acceptors (Lipinski definition) is 2. The summed E-state index contributed by atoms with van der Waals surface area (Å²) in [6.45, 7) is 6.40. The number of nitrogens with zero attached hydrogens (tertiary/aromatic N) is 1. The summed E-state index contributed by atoms with van der Waals surface area (Å²) in [5.74, 6) is -0.0556. The largest absolute Gasteiger partial charge is 0.345 e. The highest BCUT2D eigenvalue weighted by Gasteiger charge is 1.91. The molecule has 0 aliphatic rings. The van der Waals surface area contributed by atoms with Crippen LogP contribution in [0.2, 0.25) is 0 Å². The van der Waals surface area contributed by atoms with Crippen molar-refractivity contribution < 1.29 is 9.59 Å². The Morgan fingerprint density at radius 1 is 1.36 bits per heavy atom. The van der Waals surface area contributed by atoms with Crippen LogP contribution in [0.3, 0.4) is 0 Å². The van der Waals surface area contributed by atoms with Crippen LogP contribution in [0.25, 0.3) is 0 Å². The van der Waals surface area contributed by atoms with Gasteiger partial charge in [-0.05, 0) is 12.2 Å². The molecule has 0 unspecified atom stereocenters. The van der Waals surface area contributed by atoms with Gasteiger partial charge in [-0.25, -0.2) is 0 Å². The summed E-state index contributed by atoms with van der Waals surface area (Å²) < 4.78 is 0. The van der Waals surface area contributed by atoms with Crippen LogP contribution in [0.5, 0.6) is 0 Å². The minimum absolute atomic E-state index is 0.0556. The lowest BCUT2D eigenvalue weighted by Gasteiger charge is -2.03. The Labute approximate surface area is 67.0 Å². The van der Waals surface area contributed by atoms with Gasteiger partial charge in [0.2, 0.25) is 5.91 Å². The van der Waals surface area contributed by atoms with Crippen LogP contribution in [-0.2, 0) is 9.59 Å². The van der Waals surface area contributed by atoms with E-state index >= 15 is 0 Å². The molecule has 0 saturated carbocycles. The molecular weight excluding hydrogens is 142 g/mol. The summed E-state index contributed by atoms with van der Waals surface area (Å²) in [7, 11) is 3.37. The Balaban J connectivity index is 0. The standard InChI is InChI=1S/C5H9NO.C3H4O/c1-4-5(7)6(2)3;1-2-3-4/h4H,1H2,2-3H3;2-3H,1H2. The Kier molecular flexibility index (Phi) is 9.65. The third kappa shape index (κ3) is 12.0. The average Bonchev–Trinajstić information content (AvgIpc) is 2.03. The van der Waals surface area contributed by atoms with Gasteiger partial charge in [0.25, 0.3) is 0 Å². The molecule has 0 N–H and O–H groups in total. The highest BCUT2D eigenvalue weighted by atomic mass is 16.2. The van der Waals surface area contributed by atoms with Crippen LogP contribution in [-0.4, -0.2) is 31.2 Å². The van der Waals surface area contributed by atoms with Gasteiger partial charge in [0.1, 0.15) is 6.29 Å². The highest BCUT2D eigenvalue weighted by Crippen LogP contribution is 1.74. The van der Waals surface area contributed by atoms with Gasteiger partial charge in [0.05, 0.1) is 0 Å². The average molecular weight is 155 g/mol. The first-order valence-electron chi connectivity index (χ1n) is 3.00. The number of aldehydes is 1. The van der Waals surface area contributed by atoms with Crippen molar-refractivity contribution in [3.63, 3.8) is 0 Å². The van der Waals surface area contributed by atoms with Crippen LogP contribution < -0.4 is 0 Å². The van der Waals surface area contributed by atoms with E-state index in [0.717, 1.165) is 0 Å². The first-order chi connectivity index (χ1) is 5.09. The Morgan fingerprint density at radius 2 is 1.73 bits per heavy atom. The van der Waals surface area contributed by atoms with E-state index in [1.807, 2.05) is 0 Å². The van der Waals surface area contributed by atoms with Crippen LogP contribution in [0.1, 0.15) is 0 Å². The fourth-order valence-corrected chi connectivity index (χ4v) is 0.183. The van der Waals surface area contributed by atoms with Crippen molar-refractivity contribution in [2.75, 3.05) is 14.1 Å². The summed E-state index contributed by atoms with van der Waals surface area (Å²) >= 11 is 0. The zero-order valence-corrected chi connectivity index (χ0v) is 6.91. The van der Waals surface area contributed by atoms with E-state index in [2.05, 4.69) is 13.2 Å². The predicted molar refractivity (Wildman–Crippen MR) is 45.2 cm³/mol. The normalized spacial score (nSPS) is 6.73. The molecule has 1 amide bonds. The molecule has 0 aliphatic heterocycles. The first kappa shape index (κ1) is 12.3. The molecule has 0 spiro atoms. The second kappa shape index (κ2) is 8.62. The van der Waals surface area contributed by atoms with Crippen molar-refractivity contribution in [1.29, 1.82) is 0 Å². The fourth-order valence-electron chi connectivity index (χ4n) is 0.183. The van der Waals surface area contributed by atoms with E-state index in [0.29, 0.717) is 6.29 Å². The quantitative estimate of drug-likeness (QED) is 0.433. The van der Waals surface area contributed by atoms with E-state index in [9.17, 15) is 4.79 Å². The van der Waals surface area contributed by atoms with Crippen molar-refractivity contribution >= 4 is 12.2 Å². The minimum atomic E-state index is -0.0556. The summed E-state index contributed by atoms with van der Waals surface area (Å²) in [5, 5.41) is 0. The molecule has 0 saturated heterocycles. The zero-order valence-electron chi connectivity index (χ0n) is 6.91. The number of carbonyl (C=O) groups excluding carboxylic acids is 2. The lowest BCUT2D eigenvalue weighted by molar-refractivity contribution is -0.123. The molecule has 0 radical (unpaired) electrons.